The van der Waals surface area contributed by atoms with Crippen molar-refractivity contribution in [3.8, 4) is 0 Å². The summed E-state index contributed by atoms with van der Waals surface area (Å²) in [5.74, 6) is -0.872. The summed E-state index contributed by atoms with van der Waals surface area (Å²) in [5, 5.41) is 5.22. The highest BCUT2D eigenvalue weighted by Crippen LogP contribution is 2.35. The average Bonchev–Trinajstić information content (AvgIpc) is 3.25. The van der Waals surface area contributed by atoms with Crippen LogP contribution < -0.4 is 5.32 Å². The van der Waals surface area contributed by atoms with E-state index in [2.05, 4.69) is 10.3 Å². The van der Waals surface area contributed by atoms with Gasteiger partial charge in [-0.05, 0) is 41.8 Å². The second kappa shape index (κ2) is 7.06. The van der Waals surface area contributed by atoms with Gasteiger partial charge in [-0.1, -0.05) is 53.8 Å². The van der Waals surface area contributed by atoms with Gasteiger partial charge in [-0.3, -0.25) is 14.9 Å². The van der Waals surface area contributed by atoms with Crippen molar-refractivity contribution in [3.63, 3.8) is 0 Å². The van der Waals surface area contributed by atoms with E-state index in [1.807, 2.05) is 36.4 Å². The molecule has 33 heavy (non-hydrogen) atoms. The van der Waals surface area contributed by atoms with Gasteiger partial charge in [-0.25, -0.2) is 13.4 Å². The summed E-state index contributed by atoms with van der Waals surface area (Å²) >= 11 is 1.34. The molecule has 160 valence electrons. The number of fused-ring (bicyclic) bond motifs is 5. The van der Waals surface area contributed by atoms with E-state index in [0.717, 1.165) is 21.0 Å². The number of nitrogens with one attached hydrogen (secondary N) is 1. The fourth-order valence-corrected chi connectivity index (χ4v) is 6.66. The first-order valence-corrected chi connectivity index (χ1v) is 12.4. The fourth-order valence-electron chi connectivity index (χ4n) is 4.11. The minimum Gasteiger partial charge on any atom is -0.298 e. The molecule has 1 aromatic heterocycles. The maximum atomic E-state index is 13.1. The predicted octanol–water partition coefficient (Wildman–Crippen LogP) is 5.08. The van der Waals surface area contributed by atoms with E-state index in [4.69, 9.17) is 0 Å². The molecule has 6 rings (SSSR count). The van der Waals surface area contributed by atoms with Crippen LogP contribution in [0.1, 0.15) is 26.3 Å². The van der Waals surface area contributed by atoms with E-state index in [9.17, 15) is 18.0 Å². The SMILES string of the molecule is O=C(Nc1nc2c(ccc3ccccc32)s1)c1ccc2c(c1)S(=O)(=O)c1ccccc1C2=O. The van der Waals surface area contributed by atoms with Gasteiger partial charge in [0, 0.05) is 22.1 Å². The molecule has 0 fully saturated rings. The van der Waals surface area contributed by atoms with Gasteiger partial charge in [0.1, 0.15) is 0 Å². The lowest BCUT2D eigenvalue weighted by molar-refractivity contribution is 0.101. The van der Waals surface area contributed by atoms with Gasteiger partial charge < -0.3 is 0 Å². The Kier molecular flexibility index (Phi) is 4.23. The summed E-state index contributed by atoms with van der Waals surface area (Å²) < 4.78 is 27.2. The van der Waals surface area contributed by atoms with Crippen molar-refractivity contribution in [2.24, 2.45) is 0 Å². The van der Waals surface area contributed by atoms with Crippen LogP contribution in [0.5, 0.6) is 0 Å². The first-order valence-electron chi connectivity index (χ1n) is 10.1. The number of carbonyl (C=O) groups is 2. The maximum absolute atomic E-state index is 13.1. The zero-order valence-corrected chi connectivity index (χ0v) is 18.5. The molecular weight excluding hydrogens is 456 g/mol. The molecule has 2 heterocycles. The number of hydrogen-bond donors (Lipinski definition) is 1. The van der Waals surface area contributed by atoms with Crippen LogP contribution >= 0.6 is 11.3 Å². The lowest BCUT2D eigenvalue weighted by Gasteiger charge is -2.19. The lowest BCUT2D eigenvalue weighted by Crippen LogP contribution is -2.21. The number of hydrogen-bond acceptors (Lipinski definition) is 6. The van der Waals surface area contributed by atoms with E-state index < -0.39 is 15.7 Å². The Hall–Kier alpha value is -3.88. The molecule has 0 aliphatic carbocycles. The standard InChI is InChI=1S/C25H14N2O4S2/c28-23-17-7-3-4-8-20(17)33(30,31)21-13-15(9-11-18(21)23)24(29)27-25-26-22-16-6-2-1-5-14(16)10-12-19(22)32-25/h1-13H,(H,26,27,29). The van der Waals surface area contributed by atoms with Gasteiger partial charge >= 0.3 is 0 Å². The molecule has 0 saturated carbocycles. The topological polar surface area (TPSA) is 93.2 Å². The third-order valence-corrected chi connectivity index (χ3v) is 8.49. The van der Waals surface area contributed by atoms with Gasteiger partial charge in [-0.15, -0.1) is 0 Å². The molecule has 1 N–H and O–H groups in total. The molecule has 0 saturated heterocycles. The Labute approximate surface area is 192 Å². The Morgan fingerprint density at radius 1 is 0.848 bits per heavy atom. The summed E-state index contributed by atoms with van der Waals surface area (Å²) in [7, 11) is -3.92. The highest BCUT2D eigenvalue weighted by atomic mass is 32.2. The lowest BCUT2D eigenvalue weighted by atomic mass is 10.0. The van der Waals surface area contributed by atoms with Crippen molar-refractivity contribution in [2.75, 3.05) is 5.32 Å². The first-order chi connectivity index (χ1) is 15.9. The van der Waals surface area contributed by atoms with Crippen LogP contribution in [0.2, 0.25) is 0 Å². The minimum absolute atomic E-state index is 0.0434. The number of rotatable bonds is 2. The van der Waals surface area contributed by atoms with E-state index in [1.165, 1.54) is 41.7 Å². The second-order valence-corrected chi connectivity index (χ2v) is 10.6. The summed E-state index contributed by atoms with van der Waals surface area (Å²) in [6.07, 6.45) is 0. The van der Waals surface area contributed by atoms with Crippen LogP contribution in [0.25, 0.3) is 21.0 Å². The molecule has 6 nitrogen and oxygen atoms in total. The number of ketones is 1. The van der Waals surface area contributed by atoms with Crippen molar-refractivity contribution in [3.05, 3.63) is 95.6 Å². The largest absolute Gasteiger partial charge is 0.298 e. The van der Waals surface area contributed by atoms with Crippen LogP contribution in [0, 0.1) is 0 Å². The van der Waals surface area contributed by atoms with Gasteiger partial charge in [0.15, 0.2) is 10.9 Å². The monoisotopic (exact) mass is 470 g/mol. The first kappa shape index (κ1) is 19.8. The second-order valence-electron chi connectivity index (χ2n) is 7.65. The Bertz CT molecular complexity index is 1750. The third kappa shape index (κ3) is 2.99. The number of sulfone groups is 1. The molecule has 8 heteroatoms. The number of aromatic nitrogens is 1. The zero-order valence-electron chi connectivity index (χ0n) is 16.9. The van der Waals surface area contributed by atoms with Gasteiger partial charge in [0.2, 0.25) is 9.84 Å². The highest BCUT2D eigenvalue weighted by Gasteiger charge is 2.35. The molecule has 0 atom stereocenters. The average molecular weight is 471 g/mol. The van der Waals surface area contributed by atoms with E-state index in [0.29, 0.717) is 5.13 Å². The summed E-state index contributed by atoms with van der Waals surface area (Å²) in [6, 6.07) is 22.0. The van der Waals surface area contributed by atoms with E-state index >= 15 is 0 Å². The molecule has 1 aliphatic heterocycles. The van der Waals surface area contributed by atoms with E-state index in [1.54, 1.807) is 12.1 Å². The maximum Gasteiger partial charge on any atom is 0.257 e. The molecule has 0 unspecified atom stereocenters. The van der Waals surface area contributed by atoms with Crippen LogP contribution in [0.4, 0.5) is 5.13 Å². The molecule has 1 aliphatic rings. The van der Waals surface area contributed by atoms with Crippen molar-refractivity contribution in [1.82, 2.24) is 4.98 Å². The molecule has 5 aromatic rings. The van der Waals surface area contributed by atoms with Crippen LogP contribution in [0.15, 0.2) is 88.7 Å². The molecule has 0 bridgehead atoms. The number of amides is 1. The summed E-state index contributed by atoms with van der Waals surface area (Å²) in [4.78, 5) is 30.1. The van der Waals surface area contributed by atoms with Gasteiger partial charge in [0.25, 0.3) is 5.91 Å². The van der Waals surface area contributed by atoms with Crippen LogP contribution in [0.3, 0.4) is 0 Å². The minimum atomic E-state index is -3.92. The number of benzene rings is 4. The summed E-state index contributed by atoms with van der Waals surface area (Å²) in [6.45, 7) is 0. The van der Waals surface area contributed by atoms with Gasteiger partial charge in [0.05, 0.1) is 20.0 Å². The molecular formula is C25H14N2O4S2. The molecule has 1 amide bonds. The van der Waals surface area contributed by atoms with Crippen molar-refractivity contribution in [1.29, 1.82) is 0 Å². The normalized spacial score (nSPS) is 14.1. The molecule has 0 radical (unpaired) electrons. The van der Waals surface area contributed by atoms with Crippen molar-refractivity contribution in [2.45, 2.75) is 9.79 Å². The van der Waals surface area contributed by atoms with Crippen LogP contribution in [-0.4, -0.2) is 25.1 Å². The predicted molar refractivity (Wildman–Crippen MR) is 127 cm³/mol. The van der Waals surface area contributed by atoms with Gasteiger partial charge in [-0.2, -0.15) is 0 Å². The number of thiazole rings is 1. The smallest absolute Gasteiger partial charge is 0.257 e. The third-order valence-electron chi connectivity index (χ3n) is 5.70. The quantitative estimate of drug-likeness (QED) is 0.381. The molecule has 4 aromatic carbocycles. The van der Waals surface area contributed by atoms with Crippen LogP contribution in [-0.2, 0) is 9.84 Å². The fraction of sp³-hybridized carbons (Fsp3) is 0. The highest BCUT2D eigenvalue weighted by molar-refractivity contribution is 7.91. The summed E-state index contributed by atoms with van der Waals surface area (Å²) in [5.41, 5.74) is 1.14. The number of carbonyl (C=O) groups excluding carboxylic acids is 2. The van der Waals surface area contributed by atoms with Crippen molar-refractivity contribution >= 4 is 59.0 Å². The molecule has 0 spiro atoms. The Morgan fingerprint density at radius 2 is 1.61 bits per heavy atom. The van der Waals surface area contributed by atoms with Crippen molar-refractivity contribution < 1.29 is 18.0 Å². The van der Waals surface area contributed by atoms with E-state index in [-0.39, 0.29) is 32.3 Å². The Balaban J connectivity index is 1.38. The Morgan fingerprint density at radius 3 is 2.48 bits per heavy atom. The zero-order chi connectivity index (χ0) is 22.7. The number of anilines is 1. The number of nitrogens with zero attached hydrogens (tertiary/aromatic N) is 1.